The molecular weight excluding hydrogens is 449 g/mol. The average molecular weight is 467 g/mol. The molecule has 3 aromatic carbocycles. The molecule has 0 aliphatic carbocycles. The summed E-state index contributed by atoms with van der Waals surface area (Å²) in [6, 6.07) is 16.5. The number of carbonyl (C=O) groups excluding carboxylic acids is 1. The highest BCUT2D eigenvalue weighted by Gasteiger charge is 2.18. The fraction of sp³-hybridized carbons (Fsp3) is 0.0435. The van der Waals surface area contributed by atoms with Crippen LogP contribution in [0.3, 0.4) is 0 Å². The van der Waals surface area contributed by atoms with Crippen LogP contribution in [-0.4, -0.2) is 26.4 Å². The highest BCUT2D eigenvalue weighted by Crippen LogP contribution is 2.24. The van der Waals surface area contributed by atoms with Gasteiger partial charge in [-0.1, -0.05) is 0 Å². The van der Waals surface area contributed by atoms with Crippen LogP contribution in [0.15, 0.2) is 82.5 Å². The van der Waals surface area contributed by atoms with Crippen molar-refractivity contribution in [3.8, 4) is 5.75 Å². The Hall–Kier alpha value is -4.18. The van der Waals surface area contributed by atoms with Crippen molar-refractivity contribution in [2.24, 2.45) is 0 Å². The minimum atomic E-state index is -4.05. The molecule has 1 aromatic heterocycles. The fourth-order valence-electron chi connectivity index (χ4n) is 3.19. The van der Waals surface area contributed by atoms with E-state index in [1.165, 1.54) is 37.4 Å². The summed E-state index contributed by atoms with van der Waals surface area (Å²) in [5.74, 6) is -0.476. The van der Waals surface area contributed by atoms with Crippen molar-refractivity contribution >= 4 is 38.2 Å². The first-order chi connectivity index (χ1) is 15.7. The van der Waals surface area contributed by atoms with E-state index < -0.39 is 27.3 Å². The van der Waals surface area contributed by atoms with Crippen molar-refractivity contribution < 1.29 is 22.3 Å². The lowest BCUT2D eigenvalue weighted by Gasteiger charge is -2.11. The number of ether oxygens (including phenoxy) is 1. The van der Waals surface area contributed by atoms with E-state index in [4.69, 9.17) is 4.74 Å². The molecule has 0 bridgehead atoms. The molecule has 0 atom stereocenters. The molecule has 0 spiro atoms. The Kier molecular flexibility index (Phi) is 5.84. The van der Waals surface area contributed by atoms with Gasteiger partial charge >= 0.3 is 0 Å². The van der Waals surface area contributed by atoms with Gasteiger partial charge in [-0.3, -0.25) is 14.3 Å². The Morgan fingerprint density at radius 3 is 2.27 bits per heavy atom. The third-order valence-corrected chi connectivity index (χ3v) is 6.19. The molecule has 0 saturated heterocycles. The topological polar surface area (TPSA) is 117 Å². The van der Waals surface area contributed by atoms with Gasteiger partial charge in [-0.15, -0.1) is 0 Å². The summed E-state index contributed by atoms with van der Waals surface area (Å²) < 4.78 is 46.2. The van der Waals surface area contributed by atoms with Gasteiger partial charge in [0, 0.05) is 28.3 Å². The summed E-state index contributed by atoms with van der Waals surface area (Å²) in [5.41, 5.74) is 0.431. The van der Waals surface area contributed by atoms with E-state index in [0.717, 1.165) is 18.2 Å². The van der Waals surface area contributed by atoms with Gasteiger partial charge in [0.05, 0.1) is 17.6 Å². The van der Waals surface area contributed by atoms with Crippen molar-refractivity contribution in [3.63, 3.8) is 0 Å². The van der Waals surface area contributed by atoms with Gasteiger partial charge in [-0.25, -0.2) is 12.8 Å². The van der Waals surface area contributed by atoms with Crippen molar-refractivity contribution in [3.05, 3.63) is 94.5 Å². The van der Waals surface area contributed by atoms with Crippen molar-refractivity contribution in [2.45, 2.75) is 4.90 Å². The van der Waals surface area contributed by atoms with Gasteiger partial charge in [0.25, 0.3) is 15.9 Å². The normalized spacial score (nSPS) is 11.2. The fourth-order valence-corrected chi connectivity index (χ4v) is 4.28. The van der Waals surface area contributed by atoms with Gasteiger partial charge in [-0.05, 0) is 66.7 Å². The summed E-state index contributed by atoms with van der Waals surface area (Å²) >= 11 is 0. The number of carbonyl (C=O) groups is 1. The van der Waals surface area contributed by atoms with Crippen molar-refractivity contribution in [2.75, 3.05) is 17.1 Å². The molecule has 0 radical (unpaired) electrons. The molecule has 8 nitrogen and oxygen atoms in total. The number of pyridine rings is 1. The van der Waals surface area contributed by atoms with E-state index >= 15 is 0 Å². The summed E-state index contributed by atoms with van der Waals surface area (Å²) in [6.45, 7) is 0. The second-order valence-electron chi connectivity index (χ2n) is 7.05. The quantitative estimate of drug-likeness (QED) is 0.399. The van der Waals surface area contributed by atoms with Crippen LogP contribution in [0.25, 0.3) is 10.9 Å². The number of rotatable bonds is 6. The first kappa shape index (κ1) is 22.0. The minimum Gasteiger partial charge on any atom is -0.497 e. The third kappa shape index (κ3) is 4.85. The number of hydrogen-bond donors (Lipinski definition) is 3. The Balaban J connectivity index is 1.71. The Labute approximate surface area is 188 Å². The second-order valence-corrected chi connectivity index (χ2v) is 8.73. The third-order valence-electron chi connectivity index (χ3n) is 4.81. The summed E-state index contributed by atoms with van der Waals surface area (Å²) in [7, 11) is -2.53. The number of methoxy groups -OCH3 is 1. The van der Waals surface area contributed by atoms with Crippen LogP contribution < -0.4 is 20.3 Å². The molecule has 0 aliphatic heterocycles. The first-order valence-electron chi connectivity index (χ1n) is 9.66. The molecule has 4 rings (SSSR count). The van der Waals surface area contributed by atoms with E-state index in [2.05, 4.69) is 15.0 Å². The zero-order valence-corrected chi connectivity index (χ0v) is 18.1. The van der Waals surface area contributed by atoms with Crippen LogP contribution in [0.5, 0.6) is 5.75 Å². The Morgan fingerprint density at radius 2 is 1.61 bits per heavy atom. The van der Waals surface area contributed by atoms with Crippen LogP contribution >= 0.6 is 0 Å². The predicted octanol–water partition coefficient (Wildman–Crippen LogP) is 3.73. The summed E-state index contributed by atoms with van der Waals surface area (Å²) in [5, 5.41) is 2.92. The average Bonchev–Trinajstić information content (AvgIpc) is 2.80. The summed E-state index contributed by atoms with van der Waals surface area (Å²) in [4.78, 5) is 27.5. The molecule has 1 amide bonds. The zero-order chi connectivity index (χ0) is 23.6. The monoisotopic (exact) mass is 467 g/mol. The number of anilines is 2. The standard InChI is InChI=1S/C23H18FN3O5S/c1-32-17-8-6-15(7-9-17)25-23(29)20-13-22(28)26-21-11-10-18(12-19(20)21)33(30,31)27-16-4-2-14(24)3-5-16/h2-13,27H,1H3,(H,25,29)(H,26,28). The molecule has 0 saturated carbocycles. The maximum atomic E-state index is 13.1. The largest absolute Gasteiger partial charge is 0.497 e. The van der Waals surface area contributed by atoms with E-state index in [-0.39, 0.29) is 21.5 Å². The van der Waals surface area contributed by atoms with Gasteiger partial charge in [0.2, 0.25) is 5.56 Å². The maximum Gasteiger partial charge on any atom is 0.261 e. The molecule has 0 unspecified atom stereocenters. The van der Waals surface area contributed by atoms with Crippen LogP contribution in [0.4, 0.5) is 15.8 Å². The van der Waals surface area contributed by atoms with Crippen LogP contribution in [0, 0.1) is 5.82 Å². The molecule has 0 fully saturated rings. The maximum absolute atomic E-state index is 13.1. The summed E-state index contributed by atoms with van der Waals surface area (Å²) in [6.07, 6.45) is 0. The van der Waals surface area contributed by atoms with Crippen LogP contribution in [0.2, 0.25) is 0 Å². The zero-order valence-electron chi connectivity index (χ0n) is 17.3. The van der Waals surface area contributed by atoms with E-state index in [1.54, 1.807) is 24.3 Å². The van der Waals surface area contributed by atoms with Crippen LogP contribution in [-0.2, 0) is 10.0 Å². The van der Waals surface area contributed by atoms with Crippen molar-refractivity contribution in [1.29, 1.82) is 0 Å². The van der Waals surface area contributed by atoms with Gasteiger partial charge in [0.15, 0.2) is 0 Å². The number of benzene rings is 3. The number of hydrogen-bond acceptors (Lipinski definition) is 5. The number of halogens is 1. The SMILES string of the molecule is COc1ccc(NC(=O)c2cc(=O)[nH]c3ccc(S(=O)(=O)Nc4ccc(F)cc4)cc23)cc1. The van der Waals surface area contributed by atoms with Crippen molar-refractivity contribution in [1.82, 2.24) is 4.98 Å². The number of sulfonamides is 1. The lowest BCUT2D eigenvalue weighted by molar-refractivity contribution is 0.102. The smallest absolute Gasteiger partial charge is 0.261 e. The number of aromatic amines is 1. The molecule has 33 heavy (non-hydrogen) atoms. The Bertz CT molecular complexity index is 1500. The van der Waals surface area contributed by atoms with E-state index in [1.807, 2.05) is 0 Å². The molecule has 168 valence electrons. The molecule has 3 N–H and O–H groups in total. The lowest BCUT2D eigenvalue weighted by atomic mass is 10.1. The molecular formula is C23H18FN3O5S. The van der Waals surface area contributed by atoms with Gasteiger partial charge < -0.3 is 15.0 Å². The van der Waals surface area contributed by atoms with E-state index in [9.17, 15) is 22.4 Å². The number of amides is 1. The molecule has 10 heteroatoms. The predicted molar refractivity (Wildman–Crippen MR) is 123 cm³/mol. The second kappa shape index (κ2) is 8.75. The van der Waals surface area contributed by atoms with Crippen LogP contribution in [0.1, 0.15) is 10.4 Å². The minimum absolute atomic E-state index is 0.00315. The highest BCUT2D eigenvalue weighted by molar-refractivity contribution is 7.92. The number of H-pyrrole nitrogens is 1. The number of nitrogens with one attached hydrogen (secondary N) is 3. The number of aromatic nitrogens is 1. The first-order valence-corrected chi connectivity index (χ1v) is 11.1. The molecule has 1 heterocycles. The van der Waals surface area contributed by atoms with Gasteiger partial charge in [0.1, 0.15) is 11.6 Å². The molecule has 4 aromatic rings. The number of fused-ring (bicyclic) bond motifs is 1. The van der Waals surface area contributed by atoms with E-state index in [0.29, 0.717) is 17.0 Å². The lowest BCUT2D eigenvalue weighted by Crippen LogP contribution is -2.18. The Morgan fingerprint density at radius 1 is 0.939 bits per heavy atom. The molecule has 0 aliphatic rings. The highest BCUT2D eigenvalue weighted by atomic mass is 32.2. The van der Waals surface area contributed by atoms with Gasteiger partial charge in [-0.2, -0.15) is 0 Å².